The average molecular weight is 245 g/mol. The Hall–Kier alpha value is -1.34. The number of aliphatic hydroxyl groups excluding tert-OH is 1. The summed E-state index contributed by atoms with van der Waals surface area (Å²) in [5.74, 6) is 5.65. The van der Waals surface area contributed by atoms with Crippen molar-refractivity contribution in [2.75, 3.05) is 19.7 Å². The molecule has 1 aromatic carbocycles. The maximum absolute atomic E-state index is 9.95. The molecule has 1 aliphatic heterocycles. The number of hydrogen-bond acceptors (Lipinski definition) is 3. The van der Waals surface area contributed by atoms with Crippen LogP contribution >= 0.6 is 0 Å². The van der Waals surface area contributed by atoms with Gasteiger partial charge in [0.05, 0.1) is 5.60 Å². The molecule has 1 atom stereocenters. The van der Waals surface area contributed by atoms with Crippen molar-refractivity contribution in [3.63, 3.8) is 0 Å². The highest BCUT2D eigenvalue weighted by Gasteiger charge is 2.31. The first kappa shape index (κ1) is 13.1. The van der Waals surface area contributed by atoms with Gasteiger partial charge in [-0.05, 0) is 25.0 Å². The van der Waals surface area contributed by atoms with Crippen LogP contribution < -0.4 is 0 Å². The molecule has 2 rings (SSSR count). The summed E-state index contributed by atoms with van der Waals surface area (Å²) in [6, 6.07) is 7.96. The number of rotatable bonds is 2. The number of likely N-dealkylation sites (tertiary alicyclic amines) is 1. The van der Waals surface area contributed by atoms with Crippen molar-refractivity contribution in [3.05, 3.63) is 35.4 Å². The lowest BCUT2D eigenvalue weighted by molar-refractivity contribution is 0.0679. The minimum absolute atomic E-state index is 0.118. The van der Waals surface area contributed by atoms with Crippen LogP contribution in [0.2, 0.25) is 0 Å². The lowest BCUT2D eigenvalue weighted by atomic mass is 10.1. The number of β-amino-alcohol motifs (C(OH)–C–C–N with tert-alkyl or cyclic N) is 1. The van der Waals surface area contributed by atoms with Gasteiger partial charge in [0.15, 0.2) is 0 Å². The predicted octanol–water partition coefficient (Wildman–Crippen LogP) is 0.987. The molecule has 0 saturated carbocycles. The summed E-state index contributed by atoms with van der Waals surface area (Å²) in [6.45, 7) is 4.17. The summed E-state index contributed by atoms with van der Waals surface area (Å²) in [4.78, 5) is 2.24. The third kappa shape index (κ3) is 3.33. The SMILES string of the molecule is CC1(O)CCN(Cc2ccccc2C#CCO)C1. The van der Waals surface area contributed by atoms with Crippen LogP contribution in [0.5, 0.6) is 0 Å². The van der Waals surface area contributed by atoms with Crippen molar-refractivity contribution in [2.45, 2.75) is 25.5 Å². The Balaban J connectivity index is 2.10. The van der Waals surface area contributed by atoms with Crippen LogP contribution in [0, 0.1) is 11.8 Å². The molecule has 3 nitrogen and oxygen atoms in total. The molecular formula is C15H19NO2. The predicted molar refractivity (Wildman–Crippen MR) is 70.9 cm³/mol. The van der Waals surface area contributed by atoms with E-state index in [1.807, 2.05) is 25.1 Å². The molecule has 1 aromatic rings. The molecule has 1 aliphatic rings. The summed E-state index contributed by atoms with van der Waals surface area (Å²) >= 11 is 0. The number of nitrogens with zero attached hydrogens (tertiary/aromatic N) is 1. The summed E-state index contributed by atoms with van der Waals surface area (Å²) in [5.41, 5.74) is 1.54. The van der Waals surface area contributed by atoms with Crippen molar-refractivity contribution < 1.29 is 10.2 Å². The fraction of sp³-hybridized carbons (Fsp3) is 0.467. The van der Waals surface area contributed by atoms with Crippen molar-refractivity contribution in [3.8, 4) is 11.8 Å². The summed E-state index contributed by atoms with van der Waals surface area (Å²) in [5, 5.41) is 18.7. The van der Waals surface area contributed by atoms with Gasteiger partial charge in [-0.25, -0.2) is 0 Å². The second-order valence-corrected chi connectivity index (χ2v) is 5.07. The molecule has 1 heterocycles. The zero-order valence-electron chi connectivity index (χ0n) is 10.7. The maximum Gasteiger partial charge on any atom is 0.104 e. The quantitative estimate of drug-likeness (QED) is 0.764. The van der Waals surface area contributed by atoms with E-state index in [1.165, 1.54) is 0 Å². The zero-order valence-corrected chi connectivity index (χ0v) is 10.7. The van der Waals surface area contributed by atoms with Gasteiger partial charge in [0.25, 0.3) is 0 Å². The van der Waals surface area contributed by atoms with E-state index >= 15 is 0 Å². The number of benzene rings is 1. The van der Waals surface area contributed by atoms with Gasteiger partial charge in [-0.2, -0.15) is 0 Å². The van der Waals surface area contributed by atoms with E-state index in [4.69, 9.17) is 5.11 Å². The average Bonchev–Trinajstić information content (AvgIpc) is 2.68. The van der Waals surface area contributed by atoms with E-state index in [9.17, 15) is 5.11 Å². The van der Waals surface area contributed by atoms with Crippen LogP contribution in [0.1, 0.15) is 24.5 Å². The normalized spacial score (nSPS) is 23.7. The first-order valence-electron chi connectivity index (χ1n) is 6.23. The lowest BCUT2D eigenvalue weighted by Gasteiger charge is -2.19. The van der Waals surface area contributed by atoms with Crippen LogP contribution in [-0.2, 0) is 6.54 Å². The smallest absolute Gasteiger partial charge is 0.104 e. The Morgan fingerprint density at radius 1 is 1.39 bits per heavy atom. The summed E-state index contributed by atoms with van der Waals surface area (Å²) in [7, 11) is 0. The van der Waals surface area contributed by atoms with Crippen molar-refractivity contribution in [2.24, 2.45) is 0 Å². The molecule has 0 spiro atoms. The van der Waals surface area contributed by atoms with Crippen LogP contribution in [0.25, 0.3) is 0 Å². The molecule has 1 unspecified atom stereocenters. The molecule has 0 radical (unpaired) electrons. The fourth-order valence-electron chi connectivity index (χ4n) is 2.33. The Morgan fingerprint density at radius 3 is 2.83 bits per heavy atom. The maximum atomic E-state index is 9.95. The molecule has 1 saturated heterocycles. The van der Waals surface area contributed by atoms with Gasteiger partial charge in [0, 0.05) is 25.2 Å². The van der Waals surface area contributed by atoms with E-state index in [2.05, 4.69) is 22.8 Å². The van der Waals surface area contributed by atoms with Crippen LogP contribution in [0.3, 0.4) is 0 Å². The molecule has 0 amide bonds. The van der Waals surface area contributed by atoms with Gasteiger partial charge in [-0.3, -0.25) is 4.90 Å². The lowest BCUT2D eigenvalue weighted by Crippen LogP contribution is -2.29. The third-order valence-corrected chi connectivity index (χ3v) is 3.24. The molecule has 0 bridgehead atoms. The van der Waals surface area contributed by atoms with E-state index in [0.717, 1.165) is 30.6 Å². The van der Waals surface area contributed by atoms with E-state index in [-0.39, 0.29) is 6.61 Å². The standard InChI is InChI=1S/C15H19NO2/c1-15(18)8-9-16(12-15)11-14-6-3-2-5-13(14)7-4-10-17/h2-3,5-6,17-18H,8-12H2,1H3. The van der Waals surface area contributed by atoms with Gasteiger partial charge in [-0.1, -0.05) is 30.0 Å². The Morgan fingerprint density at radius 2 is 2.17 bits per heavy atom. The number of aliphatic hydroxyl groups is 2. The highest BCUT2D eigenvalue weighted by molar-refractivity contribution is 5.41. The molecule has 2 N–H and O–H groups in total. The van der Waals surface area contributed by atoms with Crippen LogP contribution in [0.15, 0.2) is 24.3 Å². The van der Waals surface area contributed by atoms with Gasteiger partial charge in [0.1, 0.15) is 6.61 Å². The van der Waals surface area contributed by atoms with Gasteiger partial charge in [0.2, 0.25) is 0 Å². The van der Waals surface area contributed by atoms with Crippen molar-refractivity contribution >= 4 is 0 Å². The van der Waals surface area contributed by atoms with Gasteiger partial charge in [-0.15, -0.1) is 0 Å². The first-order valence-corrected chi connectivity index (χ1v) is 6.23. The minimum Gasteiger partial charge on any atom is -0.389 e. The van der Waals surface area contributed by atoms with Gasteiger partial charge < -0.3 is 10.2 Å². The van der Waals surface area contributed by atoms with Crippen LogP contribution in [-0.4, -0.2) is 40.4 Å². The van der Waals surface area contributed by atoms with Crippen molar-refractivity contribution in [1.82, 2.24) is 4.90 Å². The molecule has 18 heavy (non-hydrogen) atoms. The highest BCUT2D eigenvalue weighted by Crippen LogP contribution is 2.22. The molecule has 3 heteroatoms. The van der Waals surface area contributed by atoms with Gasteiger partial charge >= 0.3 is 0 Å². The minimum atomic E-state index is -0.564. The van der Waals surface area contributed by atoms with E-state index < -0.39 is 5.60 Å². The molecule has 0 aliphatic carbocycles. The van der Waals surface area contributed by atoms with E-state index in [0.29, 0.717) is 6.54 Å². The summed E-state index contributed by atoms with van der Waals surface area (Å²) in [6.07, 6.45) is 0.817. The van der Waals surface area contributed by atoms with Crippen molar-refractivity contribution in [1.29, 1.82) is 0 Å². The Bertz CT molecular complexity index is 471. The first-order chi connectivity index (χ1) is 8.61. The zero-order chi connectivity index (χ0) is 13.0. The van der Waals surface area contributed by atoms with Crippen LogP contribution in [0.4, 0.5) is 0 Å². The Labute approximate surface area is 108 Å². The Kier molecular flexibility index (Phi) is 4.03. The second kappa shape index (κ2) is 5.53. The highest BCUT2D eigenvalue weighted by atomic mass is 16.3. The topological polar surface area (TPSA) is 43.7 Å². The molecular weight excluding hydrogens is 226 g/mol. The molecule has 1 fully saturated rings. The van der Waals surface area contributed by atoms with E-state index in [1.54, 1.807) is 0 Å². The second-order valence-electron chi connectivity index (χ2n) is 5.07. The third-order valence-electron chi connectivity index (χ3n) is 3.24. The molecule has 96 valence electrons. The largest absolute Gasteiger partial charge is 0.389 e. The molecule has 0 aromatic heterocycles. The monoisotopic (exact) mass is 245 g/mol. The number of hydrogen-bond donors (Lipinski definition) is 2. The summed E-state index contributed by atoms with van der Waals surface area (Å²) < 4.78 is 0. The fourth-order valence-corrected chi connectivity index (χ4v) is 2.33.